The van der Waals surface area contributed by atoms with Crippen molar-refractivity contribution in [2.75, 3.05) is 32.1 Å². The second-order valence-electron chi connectivity index (χ2n) is 7.16. The van der Waals surface area contributed by atoms with Gasteiger partial charge in [0.1, 0.15) is 0 Å². The Balaban J connectivity index is 1.71. The predicted molar refractivity (Wildman–Crippen MR) is 111 cm³/mol. The standard InChI is InChI=1S/C21H28N2O3S/c1-25-20(24)18-11-5-6-12-19(18)22-21(27)23(15-17-10-7-13-26-17)14-16-8-3-2-4-9-16/h2-3,5-6,11-12,16-17H,4,7-10,13-15H2,1H3,(H,22,27)/t16-,17-/m1/s1. The van der Waals surface area contributed by atoms with E-state index in [4.69, 9.17) is 21.7 Å². The number of hydrogen-bond acceptors (Lipinski definition) is 4. The smallest absolute Gasteiger partial charge is 0.339 e. The highest BCUT2D eigenvalue weighted by atomic mass is 32.1. The van der Waals surface area contributed by atoms with Crippen molar-refractivity contribution < 1.29 is 14.3 Å². The Hall–Kier alpha value is -1.92. The van der Waals surface area contributed by atoms with Crippen LogP contribution in [0, 0.1) is 5.92 Å². The summed E-state index contributed by atoms with van der Waals surface area (Å²) in [5.41, 5.74) is 1.16. The monoisotopic (exact) mass is 388 g/mol. The van der Waals surface area contributed by atoms with Crippen LogP contribution < -0.4 is 5.32 Å². The SMILES string of the molecule is COC(=O)c1ccccc1NC(=S)N(C[C@@H]1CC=CCC1)C[C@H]1CCCO1. The number of ether oxygens (including phenoxy) is 2. The average molecular weight is 389 g/mol. The summed E-state index contributed by atoms with van der Waals surface area (Å²) < 4.78 is 10.7. The van der Waals surface area contributed by atoms with E-state index in [0.29, 0.717) is 22.3 Å². The summed E-state index contributed by atoms with van der Waals surface area (Å²) in [6.45, 7) is 2.51. The van der Waals surface area contributed by atoms with Crippen molar-refractivity contribution in [3.8, 4) is 0 Å². The molecule has 1 saturated heterocycles. The Labute approximate surface area is 166 Å². The summed E-state index contributed by atoms with van der Waals surface area (Å²) in [5, 5.41) is 3.91. The number of para-hydroxylation sites is 1. The first kappa shape index (κ1) is 19.8. The molecule has 1 N–H and O–H groups in total. The summed E-state index contributed by atoms with van der Waals surface area (Å²) >= 11 is 5.73. The van der Waals surface area contributed by atoms with Crippen molar-refractivity contribution in [1.82, 2.24) is 4.90 Å². The molecule has 0 radical (unpaired) electrons. The highest BCUT2D eigenvalue weighted by molar-refractivity contribution is 7.80. The van der Waals surface area contributed by atoms with Crippen molar-refractivity contribution >= 4 is 29.0 Å². The van der Waals surface area contributed by atoms with Crippen LogP contribution in [0.4, 0.5) is 5.69 Å². The molecular weight excluding hydrogens is 360 g/mol. The average Bonchev–Trinajstić information content (AvgIpc) is 3.21. The van der Waals surface area contributed by atoms with Gasteiger partial charge in [-0.25, -0.2) is 4.79 Å². The summed E-state index contributed by atoms with van der Waals surface area (Å²) in [4.78, 5) is 14.2. The van der Waals surface area contributed by atoms with Crippen LogP contribution in [0.5, 0.6) is 0 Å². The molecule has 6 heteroatoms. The van der Waals surface area contributed by atoms with E-state index in [9.17, 15) is 4.79 Å². The van der Waals surface area contributed by atoms with E-state index in [1.165, 1.54) is 13.5 Å². The van der Waals surface area contributed by atoms with Gasteiger partial charge in [-0.2, -0.15) is 0 Å². The molecule has 1 aliphatic heterocycles. The summed E-state index contributed by atoms with van der Waals surface area (Å²) in [7, 11) is 1.39. The molecule has 1 aliphatic carbocycles. The number of benzene rings is 1. The van der Waals surface area contributed by atoms with Gasteiger partial charge in [-0.1, -0.05) is 24.3 Å². The maximum atomic E-state index is 12.0. The molecule has 1 aromatic rings. The fourth-order valence-electron chi connectivity index (χ4n) is 3.68. The van der Waals surface area contributed by atoms with Crippen LogP contribution in [0.15, 0.2) is 36.4 Å². The van der Waals surface area contributed by atoms with Crippen LogP contribution in [-0.4, -0.2) is 48.9 Å². The van der Waals surface area contributed by atoms with Gasteiger partial charge in [0, 0.05) is 19.7 Å². The first-order valence-corrected chi connectivity index (χ1v) is 10.1. The second-order valence-corrected chi connectivity index (χ2v) is 7.54. The molecule has 0 saturated carbocycles. The first-order chi connectivity index (χ1) is 13.2. The Bertz CT molecular complexity index is 686. The Morgan fingerprint density at radius 3 is 2.85 bits per heavy atom. The zero-order chi connectivity index (χ0) is 19.1. The first-order valence-electron chi connectivity index (χ1n) is 9.67. The fourth-order valence-corrected chi connectivity index (χ4v) is 3.94. The van der Waals surface area contributed by atoms with Gasteiger partial charge >= 0.3 is 5.97 Å². The van der Waals surface area contributed by atoms with Crippen molar-refractivity contribution in [3.05, 3.63) is 42.0 Å². The summed E-state index contributed by atoms with van der Waals surface area (Å²) in [6.07, 6.45) is 10.3. The lowest BCUT2D eigenvalue weighted by Crippen LogP contribution is -2.43. The third-order valence-electron chi connectivity index (χ3n) is 5.17. The van der Waals surface area contributed by atoms with Crippen molar-refractivity contribution in [2.24, 2.45) is 5.92 Å². The molecule has 0 bridgehead atoms. The minimum Gasteiger partial charge on any atom is -0.465 e. The van der Waals surface area contributed by atoms with E-state index in [1.54, 1.807) is 6.07 Å². The molecule has 0 spiro atoms. The van der Waals surface area contributed by atoms with Gasteiger partial charge in [0.25, 0.3) is 0 Å². The molecule has 0 amide bonds. The van der Waals surface area contributed by atoms with E-state index >= 15 is 0 Å². The number of anilines is 1. The summed E-state index contributed by atoms with van der Waals surface area (Å²) in [6, 6.07) is 7.30. The van der Waals surface area contributed by atoms with Crippen LogP contribution in [0.1, 0.15) is 42.5 Å². The Kier molecular flexibility index (Phi) is 7.24. The van der Waals surface area contributed by atoms with Crippen molar-refractivity contribution in [1.29, 1.82) is 0 Å². The number of thiocarbonyl (C=S) groups is 1. The van der Waals surface area contributed by atoms with E-state index in [0.717, 1.165) is 45.4 Å². The molecule has 5 nitrogen and oxygen atoms in total. The Morgan fingerprint density at radius 2 is 2.15 bits per heavy atom. The van der Waals surface area contributed by atoms with Gasteiger partial charge < -0.3 is 19.7 Å². The van der Waals surface area contributed by atoms with Gasteiger partial charge in [-0.05, 0) is 62.4 Å². The largest absolute Gasteiger partial charge is 0.465 e. The van der Waals surface area contributed by atoms with Gasteiger partial charge in [-0.15, -0.1) is 0 Å². The lowest BCUT2D eigenvalue weighted by atomic mass is 9.94. The number of rotatable bonds is 6. The third-order valence-corrected chi connectivity index (χ3v) is 5.53. The third kappa shape index (κ3) is 5.53. The maximum Gasteiger partial charge on any atom is 0.339 e. The molecule has 1 aromatic carbocycles. The second kappa shape index (κ2) is 9.85. The molecule has 0 unspecified atom stereocenters. The van der Waals surface area contributed by atoms with Gasteiger partial charge in [0.05, 0.1) is 24.5 Å². The zero-order valence-electron chi connectivity index (χ0n) is 15.9. The number of carbonyl (C=O) groups is 1. The normalized spacial score (nSPS) is 21.7. The quantitative estimate of drug-likeness (QED) is 0.451. The highest BCUT2D eigenvalue weighted by Gasteiger charge is 2.24. The lowest BCUT2D eigenvalue weighted by Gasteiger charge is -2.32. The molecule has 2 aliphatic rings. The number of hydrogen-bond donors (Lipinski definition) is 1. The molecule has 146 valence electrons. The molecule has 1 fully saturated rings. The van der Waals surface area contributed by atoms with Crippen molar-refractivity contribution in [2.45, 2.75) is 38.2 Å². The number of nitrogens with zero attached hydrogens (tertiary/aromatic N) is 1. The minimum atomic E-state index is -0.371. The van der Waals surface area contributed by atoms with E-state index in [2.05, 4.69) is 22.4 Å². The van der Waals surface area contributed by atoms with Gasteiger partial charge in [-0.3, -0.25) is 0 Å². The molecule has 3 rings (SSSR count). The van der Waals surface area contributed by atoms with Crippen molar-refractivity contribution in [3.63, 3.8) is 0 Å². The number of methoxy groups -OCH3 is 1. The maximum absolute atomic E-state index is 12.0. The van der Waals surface area contributed by atoms with Gasteiger partial charge in [0.15, 0.2) is 5.11 Å². The fraction of sp³-hybridized carbons (Fsp3) is 0.524. The lowest BCUT2D eigenvalue weighted by molar-refractivity contribution is 0.0602. The Morgan fingerprint density at radius 1 is 1.30 bits per heavy atom. The van der Waals surface area contributed by atoms with Crippen LogP contribution in [0.25, 0.3) is 0 Å². The highest BCUT2D eigenvalue weighted by Crippen LogP contribution is 2.23. The van der Waals surface area contributed by atoms with Crippen LogP contribution in [0.2, 0.25) is 0 Å². The molecule has 27 heavy (non-hydrogen) atoms. The minimum absolute atomic E-state index is 0.222. The molecular formula is C21H28N2O3S. The van der Waals surface area contributed by atoms with E-state index in [1.807, 2.05) is 18.2 Å². The molecule has 0 aromatic heterocycles. The molecule has 1 heterocycles. The number of nitrogens with one attached hydrogen (secondary N) is 1. The number of allylic oxidation sites excluding steroid dienone is 2. The van der Waals surface area contributed by atoms with Crippen LogP contribution in [0.3, 0.4) is 0 Å². The number of carbonyl (C=O) groups excluding carboxylic acids is 1. The zero-order valence-corrected chi connectivity index (χ0v) is 16.7. The van der Waals surface area contributed by atoms with Crippen LogP contribution >= 0.6 is 12.2 Å². The predicted octanol–water partition coefficient (Wildman–Crippen LogP) is 4.01. The number of esters is 1. The van der Waals surface area contributed by atoms with E-state index < -0.39 is 0 Å². The molecule has 2 atom stereocenters. The summed E-state index contributed by atoms with van der Waals surface area (Å²) in [5.74, 6) is 0.219. The van der Waals surface area contributed by atoms with E-state index in [-0.39, 0.29) is 12.1 Å². The topological polar surface area (TPSA) is 50.8 Å². The van der Waals surface area contributed by atoms with Gasteiger partial charge in [0.2, 0.25) is 0 Å². The van der Waals surface area contributed by atoms with Crippen LogP contribution in [-0.2, 0) is 9.47 Å².